The zero-order valence-corrected chi connectivity index (χ0v) is 10.4. The Morgan fingerprint density at radius 2 is 1.95 bits per heavy atom. The monoisotopic (exact) mass is 272 g/mol. The smallest absolute Gasteiger partial charge is 0.290 e. The number of nitrogens with zero attached hydrogens (tertiary/aromatic N) is 4. The molecule has 2 aromatic rings. The zero-order valence-electron chi connectivity index (χ0n) is 10.4. The predicted molar refractivity (Wildman–Crippen MR) is 68.1 cm³/mol. The Morgan fingerprint density at radius 3 is 2.75 bits per heavy atom. The molecule has 0 fully saturated rings. The molecule has 1 aromatic carbocycles. The van der Waals surface area contributed by atoms with Crippen molar-refractivity contribution >= 4 is 5.82 Å². The first-order valence-electron chi connectivity index (χ1n) is 6.04. The summed E-state index contributed by atoms with van der Waals surface area (Å²) in [5.41, 5.74) is 0.639. The van der Waals surface area contributed by atoms with Crippen LogP contribution in [0.25, 0.3) is 0 Å². The van der Waals surface area contributed by atoms with Crippen LogP contribution in [0.15, 0.2) is 36.7 Å². The fraction of sp³-hybridized carbons (Fsp3) is 0.214. The minimum atomic E-state index is -2.97. The lowest BCUT2D eigenvalue weighted by molar-refractivity contribution is -0.00264. The van der Waals surface area contributed by atoms with Crippen molar-refractivity contribution in [2.45, 2.75) is 12.5 Å². The lowest BCUT2D eigenvalue weighted by atomic mass is 9.96. The van der Waals surface area contributed by atoms with Gasteiger partial charge < -0.3 is 4.90 Å². The van der Waals surface area contributed by atoms with Crippen molar-refractivity contribution in [2.75, 3.05) is 11.4 Å². The lowest BCUT2D eigenvalue weighted by Crippen LogP contribution is -2.41. The molecule has 20 heavy (non-hydrogen) atoms. The fourth-order valence-electron chi connectivity index (χ4n) is 2.39. The summed E-state index contributed by atoms with van der Waals surface area (Å²) in [6, 6.07) is 8.31. The Labute approximate surface area is 114 Å². The Morgan fingerprint density at radius 1 is 1.20 bits per heavy atom. The van der Waals surface area contributed by atoms with Crippen LogP contribution in [0.4, 0.5) is 14.6 Å². The molecule has 1 aliphatic heterocycles. The summed E-state index contributed by atoms with van der Waals surface area (Å²) in [5, 5.41) is 9.01. The number of rotatable bonds is 1. The first-order chi connectivity index (χ1) is 9.62. The number of benzene rings is 1. The third kappa shape index (κ3) is 1.97. The minimum absolute atomic E-state index is 0.0404. The highest BCUT2D eigenvalue weighted by atomic mass is 19.3. The van der Waals surface area contributed by atoms with Crippen LogP contribution in [0, 0.1) is 11.3 Å². The molecule has 0 saturated heterocycles. The molecule has 4 nitrogen and oxygen atoms in total. The summed E-state index contributed by atoms with van der Waals surface area (Å²) in [6.45, 7) is -0.212. The van der Waals surface area contributed by atoms with Gasteiger partial charge in [0.2, 0.25) is 0 Å². The number of anilines is 1. The molecule has 1 aromatic heterocycles. The van der Waals surface area contributed by atoms with Crippen molar-refractivity contribution in [3.8, 4) is 6.07 Å². The van der Waals surface area contributed by atoms with E-state index in [9.17, 15) is 8.78 Å². The second-order valence-corrected chi connectivity index (χ2v) is 4.56. The maximum atomic E-state index is 14.2. The van der Waals surface area contributed by atoms with E-state index < -0.39 is 12.5 Å². The van der Waals surface area contributed by atoms with Gasteiger partial charge >= 0.3 is 0 Å². The van der Waals surface area contributed by atoms with E-state index >= 15 is 0 Å². The second-order valence-electron chi connectivity index (χ2n) is 4.56. The van der Waals surface area contributed by atoms with Crippen LogP contribution in [0.1, 0.15) is 16.8 Å². The molecule has 0 aliphatic carbocycles. The molecule has 0 saturated carbocycles. The van der Waals surface area contributed by atoms with Gasteiger partial charge in [0.15, 0.2) is 11.5 Å². The summed E-state index contributed by atoms with van der Waals surface area (Å²) in [6.07, 6.45) is 2.77. The van der Waals surface area contributed by atoms with Crippen molar-refractivity contribution < 1.29 is 8.78 Å². The molecule has 0 bridgehead atoms. The Hall–Kier alpha value is -2.55. The topological polar surface area (TPSA) is 52.8 Å². The van der Waals surface area contributed by atoms with Gasteiger partial charge in [-0.25, -0.2) is 9.97 Å². The SMILES string of the molecule is N#Cc1nccnc1N1Cc2ccccc2C(F)(F)C1. The molecule has 0 unspecified atom stereocenters. The van der Waals surface area contributed by atoms with Gasteiger partial charge in [0.25, 0.3) is 5.92 Å². The first-order valence-corrected chi connectivity index (χ1v) is 6.04. The average Bonchev–Trinajstić information content (AvgIpc) is 2.46. The third-order valence-electron chi connectivity index (χ3n) is 3.25. The summed E-state index contributed by atoms with van der Waals surface area (Å²) in [5.74, 6) is -2.77. The van der Waals surface area contributed by atoms with E-state index in [2.05, 4.69) is 9.97 Å². The molecule has 0 atom stereocenters. The minimum Gasteiger partial charge on any atom is -0.343 e. The summed E-state index contributed by atoms with van der Waals surface area (Å²) >= 11 is 0. The largest absolute Gasteiger partial charge is 0.343 e. The van der Waals surface area contributed by atoms with Crippen molar-refractivity contribution in [2.24, 2.45) is 0 Å². The number of hydrogen-bond acceptors (Lipinski definition) is 4. The quantitative estimate of drug-likeness (QED) is 0.800. The van der Waals surface area contributed by atoms with Gasteiger partial charge in [-0.05, 0) is 5.56 Å². The number of halogens is 2. The van der Waals surface area contributed by atoms with Crippen LogP contribution in [-0.4, -0.2) is 16.5 Å². The molecule has 100 valence electrons. The van der Waals surface area contributed by atoms with Crippen LogP contribution in [0.2, 0.25) is 0 Å². The molecule has 0 radical (unpaired) electrons. The molecule has 1 aliphatic rings. The standard InChI is InChI=1S/C14H10F2N4/c15-14(16)9-20(8-10-3-1-2-4-11(10)14)13-12(7-17)18-5-6-19-13/h1-6H,8-9H2. The summed E-state index contributed by atoms with van der Waals surface area (Å²) in [7, 11) is 0. The van der Waals surface area contributed by atoms with Gasteiger partial charge in [-0.3, -0.25) is 0 Å². The Balaban J connectivity index is 2.06. The Bertz CT molecular complexity index is 694. The molecular weight excluding hydrogens is 262 g/mol. The van der Waals surface area contributed by atoms with E-state index in [4.69, 9.17) is 5.26 Å². The number of alkyl halides is 2. The van der Waals surface area contributed by atoms with E-state index in [0.29, 0.717) is 12.1 Å². The molecule has 0 N–H and O–H groups in total. The Kier molecular flexibility index (Phi) is 2.83. The number of nitriles is 1. The lowest BCUT2D eigenvalue weighted by Gasteiger charge is -2.35. The van der Waals surface area contributed by atoms with Gasteiger partial charge in [-0.2, -0.15) is 14.0 Å². The molecule has 0 amide bonds. The van der Waals surface area contributed by atoms with Gasteiger partial charge in [-0.1, -0.05) is 24.3 Å². The molecule has 3 rings (SSSR count). The number of fused-ring (bicyclic) bond motifs is 1. The van der Waals surface area contributed by atoms with Gasteiger partial charge in [-0.15, -0.1) is 0 Å². The highest BCUT2D eigenvalue weighted by molar-refractivity contribution is 5.52. The fourth-order valence-corrected chi connectivity index (χ4v) is 2.39. The summed E-state index contributed by atoms with van der Waals surface area (Å²) < 4.78 is 28.4. The van der Waals surface area contributed by atoms with Crippen LogP contribution in [0.5, 0.6) is 0 Å². The van der Waals surface area contributed by atoms with E-state index in [1.54, 1.807) is 18.2 Å². The average molecular weight is 272 g/mol. The van der Waals surface area contributed by atoms with Crippen molar-refractivity contribution in [3.05, 3.63) is 53.5 Å². The molecular formula is C14H10F2N4. The summed E-state index contributed by atoms with van der Waals surface area (Å²) in [4.78, 5) is 9.28. The third-order valence-corrected chi connectivity index (χ3v) is 3.25. The van der Waals surface area contributed by atoms with Crippen molar-refractivity contribution in [1.82, 2.24) is 9.97 Å². The van der Waals surface area contributed by atoms with Gasteiger partial charge in [0, 0.05) is 24.5 Å². The molecule has 0 spiro atoms. The molecule has 6 heteroatoms. The van der Waals surface area contributed by atoms with Crippen LogP contribution >= 0.6 is 0 Å². The van der Waals surface area contributed by atoms with E-state index in [1.807, 2.05) is 6.07 Å². The van der Waals surface area contributed by atoms with Crippen LogP contribution in [0.3, 0.4) is 0 Å². The number of hydrogen-bond donors (Lipinski definition) is 0. The van der Waals surface area contributed by atoms with Crippen LogP contribution < -0.4 is 4.90 Å². The van der Waals surface area contributed by atoms with E-state index in [1.165, 1.54) is 23.4 Å². The first kappa shape index (κ1) is 12.5. The predicted octanol–water partition coefficient (Wildman–Crippen LogP) is 2.46. The van der Waals surface area contributed by atoms with Crippen molar-refractivity contribution in [3.63, 3.8) is 0 Å². The molecule has 2 heterocycles. The normalized spacial score (nSPS) is 16.4. The van der Waals surface area contributed by atoms with Crippen LogP contribution in [-0.2, 0) is 12.5 Å². The maximum Gasteiger partial charge on any atom is 0.290 e. The second kappa shape index (κ2) is 4.53. The highest BCUT2D eigenvalue weighted by Gasteiger charge is 2.41. The number of aromatic nitrogens is 2. The van der Waals surface area contributed by atoms with Gasteiger partial charge in [0.05, 0.1) is 6.54 Å². The maximum absolute atomic E-state index is 14.2. The van der Waals surface area contributed by atoms with E-state index in [0.717, 1.165) is 0 Å². The van der Waals surface area contributed by atoms with Gasteiger partial charge in [0.1, 0.15) is 6.07 Å². The van der Waals surface area contributed by atoms with Crippen molar-refractivity contribution in [1.29, 1.82) is 5.26 Å². The zero-order chi connectivity index (χ0) is 14.2. The highest BCUT2D eigenvalue weighted by Crippen LogP contribution is 2.38. The van der Waals surface area contributed by atoms with E-state index in [-0.39, 0.29) is 17.1 Å².